The smallest absolute Gasteiger partial charge is 0.224 e. The maximum Gasteiger partial charge on any atom is 0.224 e. The third kappa shape index (κ3) is 6.61. The molecule has 2 aromatic rings. The number of hydrogen-bond donors (Lipinski definition) is 1. The Morgan fingerprint density at radius 3 is 2.62 bits per heavy atom. The Labute approximate surface area is 199 Å². The van der Waals surface area contributed by atoms with Gasteiger partial charge in [-0.15, -0.1) is 0 Å². The Bertz CT molecular complexity index is 1080. The summed E-state index contributed by atoms with van der Waals surface area (Å²) in [5.74, 6) is 0.0545. The minimum absolute atomic E-state index is 0.150. The lowest BCUT2D eigenvalue weighted by Gasteiger charge is -2.31. The predicted octanol–water partition coefficient (Wildman–Crippen LogP) is 4.35. The monoisotopic (exact) mass is 498 g/mol. The molecule has 9 heteroatoms. The molecule has 1 fully saturated rings. The van der Waals surface area contributed by atoms with E-state index in [1.807, 2.05) is 32.0 Å². The third-order valence-electron chi connectivity index (χ3n) is 5.63. The predicted molar refractivity (Wildman–Crippen MR) is 128 cm³/mol. The fraction of sp³-hybridized carbons (Fsp3) is 0.435. The quantitative estimate of drug-likeness (QED) is 0.549. The number of carbonyl (C=O) groups excluding carboxylic acids is 1. The number of halogens is 2. The van der Waals surface area contributed by atoms with Crippen molar-refractivity contribution in [3.63, 3.8) is 0 Å². The highest BCUT2D eigenvalue weighted by Crippen LogP contribution is 2.26. The molecule has 0 radical (unpaired) electrons. The molecule has 0 aliphatic carbocycles. The minimum atomic E-state index is -3.57. The number of nitrogens with one attached hydrogen (secondary N) is 1. The van der Waals surface area contributed by atoms with Crippen LogP contribution in [0.25, 0.3) is 0 Å². The SMILES string of the molecule is Cc1ccc(OCCNC(=O)C2CCCN(S(=O)(=O)Cc3ccc(Cl)c(Cl)c3)C2)cc1C. The number of nitrogens with zero attached hydrogens (tertiary/aromatic N) is 1. The number of amides is 1. The van der Waals surface area contributed by atoms with Crippen molar-refractivity contribution in [3.8, 4) is 5.75 Å². The maximum absolute atomic E-state index is 12.9. The molecule has 32 heavy (non-hydrogen) atoms. The number of aryl methyl sites for hydroxylation is 2. The Morgan fingerprint density at radius 1 is 1.12 bits per heavy atom. The highest BCUT2D eigenvalue weighted by atomic mass is 35.5. The van der Waals surface area contributed by atoms with Crippen molar-refractivity contribution < 1.29 is 17.9 Å². The maximum atomic E-state index is 12.9. The van der Waals surface area contributed by atoms with Gasteiger partial charge in [0.1, 0.15) is 12.4 Å². The molecule has 1 saturated heterocycles. The average molecular weight is 499 g/mol. The fourth-order valence-electron chi connectivity index (χ4n) is 3.63. The summed E-state index contributed by atoms with van der Waals surface area (Å²) in [4.78, 5) is 12.6. The normalized spacial score (nSPS) is 17.2. The highest BCUT2D eigenvalue weighted by Gasteiger charge is 2.32. The first-order chi connectivity index (χ1) is 15.2. The van der Waals surface area contributed by atoms with Gasteiger partial charge in [-0.1, -0.05) is 35.3 Å². The van der Waals surface area contributed by atoms with Crippen LogP contribution in [0.2, 0.25) is 10.0 Å². The topological polar surface area (TPSA) is 75.7 Å². The van der Waals surface area contributed by atoms with Gasteiger partial charge in [0.2, 0.25) is 15.9 Å². The van der Waals surface area contributed by atoms with E-state index in [0.29, 0.717) is 48.1 Å². The van der Waals surface area contributed by atoms with E-state index in [0.717, 1.165) is 11.3 Å². The zero-order chi connectivity index (χ0) is 23.3. The second kappa shape index (κ2) is 10.9. The lowest BCUT2D eigenvalue weighted by molar-refractivity contribution is -0.126. The van der Waals surface area contributed by atoms with E-state index < -0.39 is 10.0 Å². The van der Waals surface area contributed by atoms with E-state index in [1.54, 1.807) is 18.2 Å². The van der Waals surface area contributed by atoms with E-state index in [9.17, 15) is 13.2 Å². The van der Waals surface area contributed by atoms with Crippen LogP contribution in [0.1, 0.15) is 29.5 Å². The Hall–Kier alpha value is -1.80. The number of hydrogen-bond acceptors (Lipinski definition) is 4. The van der Waals surface area contributed by atoms with Gasteiger partial charge in [0.05, 0.1) is 28.3 Å². The highest BCUT2D eigenvalue weighted by molar-refractivity contribution is 7.88. The molecule has 3 rings (SSSR count). The van der Waals surface area contributed by atoms with Crippen LogP contribution in [0.5, 0.6) is 5.75 Å². The first-order valence-electron chi connectivity index (χ1n) is 10.6. The zero-order valence-electron chi connectivity index (χ0n) is 18.2. The first kappa shape index (κ1) is 24.8. The molecule has 2 aromatic carbocycles. The van der Waals surface area contributed by atoms with E-state index >= 15 is 0 Å². The summed E-state index contributed by atoms with van der Waals surface area (Å²) >= 11 is 11.9. The van der Waals surface area contributed by atoms with Crippen molar-refractivity contribution in [3.05, 3.63) is 63.1 Å². The van der Waals surface area contributed by atoms with Crippen LogP contribution in [0.3, 0.4) is 0 Å². The molecule has 0 spiro atoms. The van der Waals surface area contributed by atoms with Crippen molar-refractivity contribution in [2.45, 2.75) is 32.4 Å². The minimum Gasteiger partial charge on any atom is -0.492 e. The molecule has 1 atom stereocenters. The standard InChI is InChI=1S/C23H28Cl2N2O4S/c1-16-5-7-20(12-17(16)2)31-11-9-26-23(28)19-4-3-10-27(14-19)32(29,30)15-18-6-8-21(24)22(25)13-18/h5-8,12-13,19H,3-4,9-11,14-15H2,1-2H3,(H,26,28). The van der Waals surface area contributed by atoms with Gasteiger partial charge in [-0.3, -0.25) is 4.79 Å². The molecule has 1 N–H and O–H groups in total. The lowest BCUT2D eigenvalue weighted by Crippen LogP contribution is -2.46. The van der Waals surface area contributed by atoms with Crippen LogP contribution < -0.4 is 10.1 Å². The molecular weight excluding hydrogens is 471 g/mol. The van der Waals surface area contributed by atoms with E-state index in [4.69, 9.17) is 27.9 Å². The molecule has 6 nitrogen and oxygen atoms in total. The Morgan fingerprint density at radius 2 is 1.91 bits per heavy atom. The zero-order valence-corrected chi connectivity index (χ0v) is 20.6. The molecule has 1 aliphatic heterocycles. The first-order valence-corrected chi connectivity index (χ1v) is 12.9. The summed E-state index contributed by atoms with van der Waals surface area (Å²) < 4.78 is 32.9. The molecular formula is C23H28Cl2N2O4S. The van der Waals surface area contributed by atoms with Gasteiger partial charge in [0.15, 0.2) is 0 Å². The Kier molecular flexibility index (Phi) is 8.44. The molecule has 1 aliphatic rings. The van der Waals surface area contributed by atoms with Crippen LogP contribution in [0.4, 0.5) is 0 Å². The molecule has 0 aromatic heterocycles. The largest absolute Gasteiger partial charge is 0.492 e. The second-order valence-corrected chi connectivity index (χ2v) is 10.9. The van der Waals surface area contributed by atoms with Crippen molar-refractivity contribution in [2.75, 3.05) is 26.2 Å². The van der Waals surface area contributed by atoms with Gasteiger partial charge in [-0.2, -0.15) is 0 Å². The van der Waals surface area contributed by atoms with Crippen LogP contribution >= 0.6 is 23.2 Å². The number of ether oxygens (including phenoxy) is 1. The average Bonchev–Trinajstić information content (AvgIpc) is 2.76. The van der Waals surface area contributed by atoms with Gasteiger partial charge in [-0.05, 0) is 67.6 Å². The lowest BCUT2D eigenvalue weighted by atomic mass is 9.99. The van der Waals surface area contributed by atoms with Gasteiger partial charge in [0.25, 0.3) is 0 Å². The summed E-state index contributed by atoms with van der Waals surface area (Å²) in [6, 6.07) is 10.7. The number of rotatable bonds is 8. The van der Waals surface area contributed by atoms with Crippen LogP contribution in [-0.2, 0) is 20.6 Å². The molecule has 174 valence electrons. The van der Waals surface area contributed by atoms with Crippen LogP contribution in [-0.4, -0.2) is 44.9 Å². The summed E-state index contributed by atoms with van der Waals surface area (Å²) in [6.07, 6.45) is 1.29. The summed E-state index contributed by atoms with van der Waals surface area (Å²) in [5, 5.41) is 3.56. The van der Waals surface area contributed by atoms with Gasteiger partial charge in [-0.25, -0.2) is 12.7 Å². The van der Waals surface area contributed by atoms with Gasteiger partial charge < -0.3 is 10.1 Å². The van der Waals surface area contributed by atoms with E-state index in [1.165, 1.54) is 9.87 Å². The number of carbonyl (C=O) groups is 1. The molecule has 1 heterocycles. The van der Waals surface area contributed by atoms with E-state index in [2.05, 4.69) is 5.32 Å². The Balaban J connectivity index is 1.50. The van der Waals surface area contributed by atoms with Crippen molar-refractivity contribution in [1.82, 2.24) is 9.62 Å². The molecule has 1 unspecified atom stereocenters. The van der Waals surface area contributed by atoms with E-state index in [-0.39, 0.29) is 24.1 Å². The van der Waals surface area contributed by atoms with Gasteiger partial charge >= 0.3 is 0 Å². The van der Waals surface area contributed by atoms with Crippen molar-refractivity contribution in [2.24, 2.45) is 5.92 Å². The summed E-state index contributed by atoms with van der Waals surface area (Å²) in [5.41, 5.74) is 2.91. The molecule has 0 bridgehead atoms. The third-order valence-corrected chi connectivity index (χ3v) is 8.19. The number of benzene rings is 2. The van der Waals surface area contributed by atoms with Gasteiger partial charge in [0, 0.05) is 13.1 Å². The van der Waals surface area contributed by atoms with Crippen molar-refractivity contribution in [1.29, 1.82) is 0 Å². The van der Waals surface area contributed by atoms with Crippen LogP contribution in [0.15, 0.2) is 36.4 Å². The second-order valence-electron chi connectivity index (χ2n) is 8.09. The number of sulfonamides is 1. The molecule has 1 amide bonds. The van der Waals surface area contributed by atoms with Crippen molar-refractivity contribution >= 4 is 39.1 Å². The van der Waals surface area contributed by atoms with Crippen LogP contribution in [0, 0.1) is 19.8 Å². The molecule has 0 saturated carbocycles. The number of piperidine rings is 1. The summed E-state index contributed by atoms with van der Waals surface area (Å²) in [6.45, 7) is 5.35. The summed E-state index contributed by atoms with van der Waals surface area (Å²) in [7, 11) is -3.57. The fourth-order valence-corrected chi connectivity index (χ4v) is 5.55.